The van der Waals surface area contributed by atoms with Gasteiger partial charge < -0.3 is 5.11 Å². The summed E-state index contributed by atoms with van der Waals surface area (Å²) in [5, 5.41) is 9.50. The number of terminal acetylenes is 1. The van der Waals surface area contributed by atoms with Gasteiger partial charge in [-0.05, 0) is 30.5 Å². The van der Waals surface area contributed by atoms with Crippen molar-refractivity contribution in [1.29, 1.82) is 0 Å². The minimum absolute atomic E-state index is 0.145. The fraction of sp³-hybridized carbons (Fsp3) is 0.333. The Balaban J connectivity index is 2.38. The third-order valence-electron chi connectivity index (χ3n) is 3.67. The van der Waals surface area contributed by atoms with Crippen molar-refractivity contribution in [3.05, 3.63) is 35.4 Å². The Hall–Kier alpha value is -2.08. The van der Waals surface area contributed by atoms with Gasteiger partial charge in [-0.15, -0.1) is 6.42 Å². The molecule has 3 nitrogen and oxygen atoms in total. The molecule has 1 aromatic carbocycles. The van der Waals surface area contributed by atoms with Crippen LogP contribution < -0.4 is 0 Å². The van der Waals surface area contributed by atoms with Crippen LogP contribution in [-0.4, -0.2) is 16.9 Å². The van der Waals surface area contributed by atoms with Crippen LogP contribution in [0.3, 0.4) is 0 Å². The molecule has 0 saturated heterocycles. The van der Waals surface area contributed by atoms with E-state index in [4.69, 9.17) is 6.42 Å². The third-order valence-corrected chi connectivity index (χ3v) is 3.67. The van der Waals surface area contributed by atoms with E-state index in [0.717, 1.165) is 11.1 Å². The average molecular weight is 242 g/mol. The van der Waals surface area contributed by atoms with Crippen LogP contribution in [0.2, 0.25) is 0 Å². The maximum Gasteiger partial charge on any atom is 0.314 e. The van der Waals surface area contributed by atoms with E-state index >= 15 is 0 Å². The minimum atomic E-state index is -0.930. The number of benzene rings is 1. The zero-order valence-corrected chi connectivity index (χ0v) is 9.98. The van der Waals surface area contributed by atoms with E-state index < -0.39 is 11.4 Å². The van der Waals surface area contributed by atoms with Gasteiger partial charge in [-0.3, -0.25) is 9.59 Å². The minimum Gasteiger partial charge on any atom is -0.481 e. The van der Waals surface area contributed by atoms with Crippen molar-refractivity contribution in [2.75, 3.05) is 0 Å². The number of hydrogen-bond donors (Lipinski definition) is 1. The van der Waals surface area contributed by atoms with E-state index in [1.165, 1.54) is 0 Å². The van der Waals surface area contributed by atoms with Crippen LogP contribution in [0.25, 0.3) is 0 Å². The highest BCUT2D eigenvalue weighted by Gasteiger charge is 2.43. The molecular weight excluding hydrogens is 228 g/mol. The van der Waals surface area contributed by atoms with Gasteiger partial charge in [0.15, 0.2) is 0 Å². The molecule has 1 fully saturated rings. The van der Waals surface area contributed by atoms with E-state index in [2.05, 4.69) is 5.92 Å². The number of carboxylic acids is 1. The maximum atomic E-state index is 11.6. The van der Waals surface area contributed by atoms with Gasteiger partial charge in [-0.25, -0.2) is 0 Å². The van der Waals surface area contributed by atoms with Crippen LogP contribution in [0.5, 0.6) is 0 Å². The number of carbonyl (C=O) groups excluding carboxylic acids is 1. The van der Waals surface area contributed by atoms with E-state index in [1.54, 1.807) is 24.3 Å². The lowest BCUT2D eigenvalue weighted by atomic mass is 9.69. The number of carbonyl (C=O) groups is 2. The maximum absolute atomic E-state index is 11.6. The van der Waals surface area contributed by atoms with Crippen molar-refractivity contribution in [3.8, 4) is 12.3 Å². The largest absolute Gasteiger partial charge is 0.481 e. The van der Waals surface area contributed by atoms with Gasteiger partial charge in [-0.2, -0.15) is 0 Å². The smallest absolute Gasteiger partial charge is 0.314 e. The highest BCUT2D eigenvalue weighted by molar-refractivity contribution is 5.87. The molecule has 1 aliphatic rings. The predicted octanol–water partition coefficient (Wildman–Crippen LogP) is 2.13. The van der Waals surface area contributed by atoms with Crippen LogP contribution in [0.1, 0.15) is 36.8 Å². The summed E-state index contributed by atoms with van der Waals surface area (Å²) in [5.74, 6) is 1.79. The van der Waals surface area contributed by atoms with E-state index in [1.807, 2.05) is 0 Å². The highest BCUT2D eigenvalue weighted by Crippen LogP contribution is 2.38. The summed E-state index contributed by atoms with van der Waals surface area (Å²) in [5.41, 5.74) is 0.536. The molecule has 1 aromatic rings. The fourth-order valence-electron chi connectivity index (χ4n) is 2.47. The van der Waals surface area contributed by atoms with Crippen LogP contribution >= 0.6 is 0 Å². The molecule has 1 saturated carbocycles. The van der Waals surface area contributed by atoms with Crippen molar-refractivity contribution in [2.24, 2.45) is 0 Å². The monoisotopic (exact) mass is 242 g/mol. The van der Waals surface area contributed by atoms with Gasteiger partial charge in [0.2, 0.25) is 0 Å². The quantitative estimate of drug-likeness (QED) is 0.808. The number of ketones is 1. The molecule has 0 unspecified atom stereocenters. The Kier molecular flexibility index (Phi) is 3.20. The molecular formula is C15H14O3. The summed E-state index contributed by atoms with van der Waals surface area (Å²) in [4.78, 5) is 22.9. The van der Waals surface area contributed by atoms with Crippen LogP contribution in [0, 0.1) is 12.3 Å². The lowest BCUT2D eigenvalue weighted by Crippen LogP contribution is -2.39. The van der Waals surface area contributed by atoms with Gasteiger partial charge in [0.05, 0.1) is 5.41 Å². The number of Topliss-reactive ketones (excluding diaryl/α,β-unsaturated/α-hetero) is 1. The van der Waals surface area contributed by atoms with E-state index in [-0.39, 0.29) is 5.78 Å². The van der Waals surface area contributed by atoms with Crippen molar-refractivity contribution in [1.82, 2.24) is 0 Å². The van der Waals surface area contributed by atoms with Crippen LogP contribution in [0.4, 0.5) is 0 Å². The molecule has 3 heteroatoms. The molecule has 0 aliphatic heterocycles. The second-order valence-electron chi connectivity index (χ2n) is 4.65. The number of carboxylic acid groups (broad SMARTS) is 1. The first-order valence-corrected chi connectivity index (χ1v) is 5.91. The van der Waals surface area contributed by atoms with Crippen molar-refractivity contribution < 1.29 is 14.7 Å². The van der Waals surface area contributed by atoms with Crippen molar-refractivity contribution in [2.45, 2.75) is 31.1 Å². The van der Waals surface area contributed by atoms with Crippen molar-refractivity contribution in [3.63, 3.8) is 0 Å². The molecule has 0 radical (unpaired) electrons. The zero-order chi connectivity index (χ0) is 13.2. The van der Waals surface area contributed by atoms with Crippen LogP contribution in [0.15, 0.2) is 24.3 Å². The van der Waals surface area contributed by atoms with Crippen molar-refractivity contribution >= 4 is 11.8 Å². The standard InChI is InChI=1S/C15H14O3/c1-2-11-3-5-12(6-4-11)15(14(17)18)9-7-13(16)8-10-15/h1,3-6H,7-10H2,(H,17,18). The topological polar surface area (TPSA) is 54.4 Å². The zero-order valence-electron chi connectivity index (χ0n) is 9.98. The third kappa shape index (κ3) is 2.02. The Morgan fingerprint density at radius 2 is 1.78 bits per heavy atom. The Morgan fingerprint density at radius 3 is 2.22 bits per heavy atom. The number of hydrogen-bond acceptors (Lipinski definition) is 2. The first-order valence-electron chi connectivity index (χ1n) is 5.91. The SMILES string of the molecule is C#Cc1ccc(C2(C(=O)O)CCC(=O)CC2)cc1. The number of aliphatic carboxylic acids is 1. The lowest BCUT2D eigenvalue weighted by Gasteiger charge is -2.33. The molecule has 0 aromatic heterocycles. The molecule has 1 N–H and O–H groups in total. The lowest BCUT2D eigenvalue weighted by molar-refractivity contribution is -0.146. The van der Waals surface area contributed by atoms with Gasteiger partial charge in [-0.1, -0.05) is 18.1 Å². The average Bonchev–Trinajstić information content (AvgIpc) is 2.40. The summed E-state index contributed by atoms with van der Waals surface area (Å²) in [6.07, 6.45) is 6.69. The summed E-state index contributed by atoms with van der Waals surface area (Å²) >= 11 is 0. The Morgan fingerprint density at radius 1 is 1.22 bits per heavy atom. The molecule has 0 bridgehead atoms. The number of rotatable bonds is 2. The molecule has 0 amide bonds. The molecule has 2 rings (SSSR count). The Bertz CT molecular complexity index is 510. The molecule has 0 spiro atoms. The molecule has 0 atom stereocenters. The highest BCUT2D eigenvalue weighted by atomic mass is 16.4. The molecule has 0 heterocycles. The fourth-order valence-corrected chi connectivity index (χ4v) is 2.47. The van der Waals surface area contributed by atoms with Crippen LogP contribution in [-0.2, 0) is 15.0 Å². The van der Waals surface area contributed by atoms with E-state index in [9.17, 15) is 14.7 Å². The first kappa shape index (κ1) is 12.4. The summed E-state index contributed by atoms with van der Waals surface area (Å²) in [7, 11) is 0. The van der Waals surface area contributed by atoms with E-state index in [0.29, 0.717) is 25.7 Å². The molecule has 18 heavy (non-hydrogen) atoms. The second kappa shape index (κ2) is 4.66. The normalized spacial score (nSPS) is 18.1. The second-order valence-corrected chi connectivity index (χ2v) is 4.65. The predicted molar refractivity (Wildman–Crippen MR) is 67.2 cm³/mol. The van der Waals surface area contributed by atoms with Gasteiger partial charge in [0.25, 0.3) is 0 Å². The summed E-state index contributed by atoms with van der Waals surface area (Å²) in [6, 6.07) is 7.02. The van der Waals surface area contributed by atoms with Gasteiger partial charge in [0, 0.05) is 18.4 Å². The Labute approximate surface area is 106 Å². The molecule has 92 valence electrons. The summed E-state index contributed by atoms with van der Waals surface area (Å²) < 4.78 is 0. The first-order chi connectivity index (χ1) is 8.58. The summed E-state index contributed by atoms with van der Waals surface area (Å²) in [6.45, 7) is 0. The van der Waals surface area contributed by atoms with Gasteiger partial charge >= 0.3 is 5.97 Å². The molecule has 1 aliphatic carbocycles. The van der Waals surface area contributed by atoms with Gasteiger partial charge in [0.1, 0.15) is 5.78 Å².